The Labute approximate surface area is 190 Å². The lowest BCUT2D eigenvalue weighted by atomic mass is 10.1. The molecule has 0 radical (unpaired) electrons. The number of benzene rings is 3. The van der Waals surface area contributed by atoms with Crippen LogP contribution in [0.25, 0.3) is 0 Å². The molecule has 0 saturated heterocycles. The van der Waals surface area contributed by atoms with E-state index in [1.807, 2.05) is 85.8 Å². The Hall–Kier alpha value is -3.60. The molecule has 0 aliphatic heterocycles. The van der Waals surface area contributed by atoms with E-state index in [1.54, 1.807) is 18.9 Å². The van der Waals surface area contributed by atoms with Crippen LogP contribution in [-0.2, 0) is 29.1 Å². The Kier molecular flexibility index (Phi) is 8.03. The van der Waals surface area contributed by atoms with Gasteiger partial charge in [0.15, 0.2) is 0 Å². The minimum atomic E-state index is -0.612. The second-order valence-electron chi connectivity index (χ2n) is 7.91. The molecule has 5 nitrogen and oxygen atoms in total. The Morgan fingerprint density at radius 3 is 2.12 bits per heavy atom. The summed E-state index contributed by atoms with van der Waals surface area (Å²) in [6, 6.07) is 24.6. The summed E-state index contributed by atoms with van der Waals surface area (Å²) in [6.45, 7) is 4.57. The predicted molar refractivity (Wildman–Crippen MR) is 126 cm³/mol. The summed E-state index contributed by atoms with van der Waals surface area (Å²) in [5, 5.41) is 2.97. The first kappa shape index (κ1) is 23.1. The van der Waals surface area contributed by atoms with E-state index in [2.05, 4.69) is 5.32 Å². The maximum atomic E-state index is 13.2. The molecule has 3 rings (SSSR count). The predicted octanol–water partition coefficient (Wildman–Crippen LogP) is 4.28. The van der Waals surface area contributed by atoms with E-state index < -0.39 is 6.04 Å². The van der Waals surface area contributed by atoms with E-state index in [-0.39, 0.29) is 18.2 Å². The largest absolute Gasteiger partial charge is 0.497 e. The van der Waals surface area contributed by atoms with Crippen molar-refractivity contribution in [2.24, 2.45) is 0 Å². The van der Waals surface area contributed by atoms with Gasteiger partial charge in [0.05, 0.1) is 13.5 Å². The lowest BCUT2D eigenvalue weighted by Crippen LogP contribution is -2.47. The molecule has 0 aliphatic rings. The van der Waals surface area contributed by atoms with Gasteiger partial charge in [0.25, 0.3) is 0 Å². The molecule has 32 heavy (non-hydrogen) atoms. The van der Waals surface area contributed by atoms with Crippen molar-refractivity contribution in [3.05, 3.63) is 101 Å². The monoisotopic (exact) mass is 430 g/mol. The number of rotatable bonds is 9. The van der Waals surface area contributed by atoms with Crippen LogP contribution in [0.15, 0.2) is 78.9 Å². The van der Waals surface area contributed by atoms with Crippen molar-refractivity contribution in [1.29, 1.82) is 0 Å². The number of amides is 2. The van der Waals surface area contributed by atoms with Crippen LogP contribution in [0.5, 0.6) is 5.75 Å². The van der Waals surface area contributed by atoms with Gasteiger partial charge in [-0.1, -0.05) is 72.3 Å². The molecule has 5 heteroatoms. The third-order valence-corrected chi connectivity index (χ3v) is 5.46. The Bertz CT molecular complexity index is 1020. The molecule has 0 aliphatic carbocycles. The van der Waals surface area contributed by atoms with Gasteiger partial charge in [-0.25, -0.2) is 0 Å². The average Bonchev–Trinajstić information content (AvgIpc) is 2.82. The maximum Gasteiger partial charge on any atom is 0.242 e. The summed E-state index contributed by atoms with van der Waals surface area (Å²) in [5.41, 5.74) is 4.05. The first-order chi connectivity index (χ1) is 15.5. The molecule has 0 unspecified atom stereocenters. The minimum absolute atomic E-state index is 0.0926. The van der Waals surface area contributed by atoms with Crippen molar-refractivity contribution < 1.29 is 14.3 Å². The van der Waals surface area contributed by atoms with E-state index in [0.29, 0.717) is 13.1 Å². The number of nitrogens with zero attached hydrogens (tertiary/aromatic N) is 1. The summed E-state index contributed by atoms with van der Waals surface area (Å²) in [7, 11) is 1.62. The zero-order valence-corrected chi connectivity index (χ0v) is 18.9. The number of hydrogen-bond donors (Lipinski definition) is 1. The van der Waals surface area contributed by atoms with Crippen LogP contribution in [0.2, 0.25) is 0 Å². The van der Waals surface area contributed by atoms with Gasteiger partial charge in [0.1, 0.15) is 11.8 Å². The summed E-state index contributed by atoms with van der Waals surface area (Å²) >= 11 is 0. The summed E-state index contributed by atoms with van der Waals surface area (Å²) in [6.07, 6.45) is 0.243. The number of nitrogens with one attached hydrogen (secondary N) is 1. The molecule has 0 aromatic heterocycles. The quantitative estimate of drug-likeness (QED) is 0.551. The first-order valence-corrected chi connectivity index (χ1v) is 10.8. The fraction of sp³-hybridized carbons (Fsp3) is 0.259. The lowest BCUT2D eigenvalue weighted by molar-refractivity contribution is -0.140. The van der Waals surface area contributed by atoms with E-state index in [9.17, 15) is 9.59 Å². The molecule has 1 N–H and O–H groups in total. The van der Waals surface area contributed by atoms with Gasteiger partial charge < -0.3 is 15.0 Å². The molecule has 0 heterocycles. The van der Waals surface area contributed by atoms with Crippen molar-refractivity contribution >= 4 is 11.8 Å². The van der Waals surface area contributed by atoms with E-state index >= 15 is 0 Å². The van der Waals surface area contributed by atoms with Crippen molar-refractivity contribution in [1.82, 2.24) is 10.2 Å². The van der Waals surface area contributed by atoms with Crippen molar-refractivity contribution in [2.75, 3.05) is 7.11 Å². The van der Waals surface area contributed by atoms with E-state index in [0.717, 1.165) is 22.4 Å². The van der Waals surface area contributed by atoms with Crippen LogP contribution in [-0.4, -0.2) is 29.9 Å². The number of carbonyl (C=O) groups is 2. The van der Waals surface area contributed by atoms with Gasteiger partial charge in [0, 0.05) is 13.1 Å². The third-order valence-electron chi connectivity index (χ3n) is 5.46. The summed E-state index contributed by atoms with van der Waals surface area (Å²) < 4.78 is 5.22. The zero-order valence-electron chi connectivity index (χ0n) is 18.9. The van der Waals surface area contributed by atoms with Crippen LogP contribution in [0.4, 0.5) is 0 Å². The van der Waals surface area contributed by atoms with Gasteiger partial charge in [-0.15, -0.1) is 0 Å². The molecule has 2 amide bonds. The molecule has 3 aromatic rings. The van der Waals surface area contributed by atoms with Gasteiger partial charge in [-0.3, -0.25) is 9.59 Å². The van der Waals surface area contributed by atoms with Crippen molar-refractivity contribution in [3.63, 3.8) is 0 Å². The second-order valence-corrected chi connectivity index (χ2v) is 7.91. The standard InChI is InChI=1S/C27H30N2O3/c1-20-9-11-23(12-10-20)18-28-27(31)21(2)29(19-24-13-15-25(32-3)16-14-24)26(30)17-22-7-5-4-6-8-22/h4-16,21H,17-19H2,1-3H3,(H,28,31)/t21-/m1/s1. The number of ether oxygens (including phenoxy) is 1. The highest BCUT2D eigenvalue weighted by Gasteiger charge is 2.26. The highest BCUT2D eigenvalue weighted by atomic mass is 16.5. The average molecular weight is 431 g/mol. The number of aryl methyl sites for hydroxylation is 1. The molecule has 0 spiro atoms. The topological polar surface area (TPSA) is 58.6 Å². The maximum absolute atomic E-state index is 13.2. The molecule has 3 aromatic carbocycles. The number of carbonyl (C=O) groups excluding carboxylic acids is 2. The van der Waals surface area contributed by atoms with Gasteiger partial charge in [-0.2, -0.15) is 0 Å². The molecular formula is C27H30N2O3. The molecular weight excluding hydrogens is 400 g/mol. The van der Waals surface area contributed by atoms with Gasteiger partial charge in [0.2, 0.25) is 11.8 Å². The summed E-state index contributed by atoms with van der Waals surface area (Å²) in [5.74, 6) is 0.477. The minimum Gasteiger partial charge on any atom is -0.497 e. The molecule has 0 bridgehead atoms. The Morgan fingerprint density at radius 1 is 0.875 bits per heavy atom. The number of hydrogen-bond acceptors (Lipinski definition) is 3. The fourth-order valence-electron chi connectivity index (χ4n) is 3.43. The van der Waals surface area contributed by atoms with E-state index in [1.165, 1.54) is 5.56 Å². The third kappa shape index (κ3) is 6.45. The smallest absolute Gasteiger partial charge is 0.242 e. The molecule has 0 fully saturated rings. The SMILES string of the molecule is COc1ccc(CN(C(=O)Cc2ccccc2)[C@H](C)C(=O)NCc2ccc(C)cc2)cc1. The van der Waals surface area contributed by atoms with Crippen LogP contribution in [0.1, 0.15) is 29.2 Å². The normalized spacial score (nSPS) is 11.5. The van der Waals surface area contributed by atoms with Crippen molar-refractivity contribution in [3.8, 4) is 5.75 Å². The van der Waals surface area contributed by atoms with E-state index in [4.69, 9.17) is 4.74 Å². The highest BCUT2D eigenvalue weighted by molar-refractivity contribution is 5.88. The second kappa shape index (κ2) is 11.1. The van der Waals surface area contributed by atoms with Gasteiger partial charge >= 0.3 is 0 Å². The Balaban J connectivity index is 1.73. The van der Waals surface area contributed by atoms with Crippen LogP contribution in [0.3, 0.4) is 0 Å². The van der Waals surface area contributed by atoms with Gasteiger partial charge in [-0.05, 0) is 42.7 Å². The molecule has 1 atom stereocenters. The highest BCUT2D eigenvalue weighted by Crippen LogP contribution is 2.16. The van der Waals surface area contributed by atoms with Crippen LogP contribution < -0.4 is 10.1 Å². The fourth-order valence-corrected chi connectivity index (χ4v) is 3.43. The zero-order chi connectivity index (χ0) is 22.9. The molecule has 0 saturated carbocycles. The first-order valence-electron chi connectivity index (χ1n) is 10.8. The number of methoxy groups -OCH3 is 1. The molecule has 166 valence electrons. The van der Waals surface area contributed by atoms with Crippen LogP contribution >= 0.6 is 0 Å². The lowest BCUT2D eigenvalue weighted by Gasteiger charge is -2.29. The van der Waals surface area contributed by atoms with Crippen molar-refractivity contribution in [2.45, 2.75) is 39.4 Å². The van der Waals surface area contributed by atoms with Crippen LogP contribution in [0, 0.1) is 6.92 Å². The Morgan fingerprint density at radius 2 is 1.50 bits per heavy atom. The summed E-state index contributed by atoms with van der Waals surface area (Å²) in [4.78, 5) is 27.8.